The van der Waals surface area contributed by atoms with Gasteiger partial charge in [0.25, 0.3) is 5.91 Å². The summed E-state index contributed by atoms with van der Waals surface area (Å²) in [6, 6.07) is 23.7. The van der Waals surface area contributed by atoms with Crippen molar-refractivity contribution in [2.75, 3.05) is 6.61 Å². The lowest BCUT2D eigenvalue weighted by Crippen LogP contribution is -2.33. The molecule has 160 valence electrons. The number of nitrogens with one attached hydrogen (secondary N) is 1. The van der Waals surface area contributed by atoms with Crippen LogP contribution in [0.4, 0.5) is 0 Å². The first-order chi connectivity index (χ1) is 15.5. The van der Waals surface area contributed by atoms with Gasteiger partial charge in [0.2, 0.25) is 5.76 Å². The summed E-state index contributed by atoms with van der Waals surface area (Å²) in [7, 11) is 0. The zero-order valence-electron chi connectivity index (χ0n) is 16.8. The number of carbonyl (C=O) groups is 2. The molecule has 3 aromatic carbocycles. The minimum absolute atomic E-state index is 0.265. The van der Waals surface area contributed by atoms with Gasteiger partial charge in [-0.05, 0) is 35.4 Å². The molecule has 4 rings (SSSR count). The lowest BCUT2D eigenvalue weighted by molar-refractivity contribution is -0.124. The van der Waals surface area contributed by atoms with Gasteiger partial charge in [-0.3, -0.25) is 9.59 Å². The lowest BCUT2D eigenvalue weighted by atomic mass is 9.99. The van der Waals surface area contributed by atoms with Gasteiger partial charge >= 0.3 is 5.97 Å². The first-order valence-corrected chi connectivity index (χ1v) is 10.2. The summed E-state index contributed by atoms with van der Waals surface area (Å²) in [6.07, 6.45) is 0. The second-order valence-electron chi connectivity index (χ2n) is 7.01. The monoisotopic (exact) mass is 447 g/mol. The zero-order valence-corrected chi connectivity index (χ0v) is 17.5. The Morgan fingerprint density at radius 3 is 2.31 bits per heavy atom. The predicted octanol–water partition coefficient (Wildman–Crippen LogP) is 4.51. The van der Waals surface area contributed by atoms with E-state index in [1.54, 1.807) is 36.4 Å². The molecule has 6 nitrogen and oxygen atoms in total. The van der Waals surface area contributed by atoms with Gasteiger partial charge in [0.15, 0.2) is 12.0 Å². The SMILES string of the molecule is O=C(COC(=O)c1cc(=O)c2ccccc2o1)NC(c1ccccc1)c1ccc(Cl)cc1. The Morgan fingerprint density at radius 1 is 0.906 bits per heavy atom. The van der Waals surface area contributed by atoms with Crippen LogP contribution < -0.4 is 10.7 Å². The van der Waals surface area contributed by atoms with Crippen molar-refractivity contribution in [2.45, 2.75) is 6.04 Å². The number of hydrogen-bond acceptors (Lipinski definition) is 5. The van der Waals surface area contributed by atoms with E-state index >= 15 is 0 Å². The number of hydrogen-bond donors (Lipinski definition) is 1. The van der Waals surface area contributed by atoms with Crippen LogP contribution in [0.5, 0.6) is 0 Å². The summed E-state index contributed by atoms with van der Waals surface area (Å²) >= 11 is 5.98. The van der Waals surface area contributed by atoms with Gasteiger partial charge in [0.1, 0.15) is 5.58 Å². The Labute approximate surface area is 188 Å². The number of carbonyl (C=O) groups excluding carboxylic acids is 2. The van der Waals surface area contributed by atoms with Crippen LogP contribution in [-0.4, -0.2) is 18.5 Å². The van der Waals surface area contributed by atoms with E-state index in [9.17, 15) is 14.4 Å². The maximum Gasteiger partial charge on any atom is 0.374 e. The Hall–Kier alpha value is -3.90. The Morgan fingerprint density at radius 2 is 1.56 bits per heavy atom. The molecular weight excluding hydrogens is 430 g/mol. The van der Waals surface area contributed by atoms with Crippen LogP contribution in [0.2, 0.25) is 5.02 Å². The highest BCUT2D eigenvalue weighted by Crippen LogP contribution is 2.23. The van der Waals surface area contributed by atoms with Gasteiger partial charge in [-0.25, -0.2) is 4.79 Å². The topological polar surface area (TPSA) is 85.6 Å². The lowest BCUT2D eigenvalue weighted by Gasteiger charge is -2.20. The molecule has 32 heavy (non-hydrogen) atoms. The maximum atomic E-state index is 12.6. The van der Waals surface area contributed by atoms with E-state index in [1.807, 2.05) is 42.5 Å². The minimum atomic E-state index is -0.897. The van der Waals surface area contributed by atoms with Crippen LogP contribution in [0, 0.1) is 0 Å². The molecule has 0 aliphatic rings. The summed E-state index contributed by atoms with van der Waals surface area (Å²) in [5.74, 6) is -1.67. The van der Waals surface area contributed by atoms with E-state index in [0.717, 1.165) is 17.2 Å². The maximum absolute atomic E-state index is 12.6. The van der Waals surface area contributed by atoms with Crippen molar-refractivity contribution in [1.82, 2.24) is 5.32 Å². The summed E-state index contributed by atoms with van der Waals surface area (Å²) in [6.45, 7) is -0.535. The highest BCUT2D eigenvalue weighted by molar-refractivity contribution is 6.30. The third-order valence-corrected chi connectivity index (χ3v) is 5.06. The van der Waals surface area contributed by atoms with Crippen LogP contribution in [0.1, 0.15) is 27.7 Å². The number of halogens is 1. The third kappa shape index (κ3) is 4.87. The van der Waals surface area contributed by atoms with Gasteiger partial charge in [0.05, 0.1) is 11.4 Å². The molecule has 1 unspecified atom stereocenters. The van der Waals surface area contributed by atoms with Crippen molar-refractivity contribution in [3.63, 3.8) is 0 Å². The number of amides is 1. The minimum Gasteiger partial charge on any atom is -0.450 e. The quantitative estimate of drug-likeness (QED) is 0.439. The smallest absolute Gasteiger partial charge is 0.374 e. The van der Waals surface area contributed by atoms with E-state index in [0.29, 0.717) is 10.4 Å². The predicted molar refractivity (Wildman–Crippen MR) is 121 cm³/mol. The number of rotatable bonds is 6. The van der Waals surface area contributed by atoms with Crippen LogP contribution in [-0.2, 0) is 9.53 Å². The standard InChI is InChI=1S/C25H18ClNO5/c26-18-12-10-17(11-13-18)24(16-6-2-1-3-7-16)27-23(29)15-31-25(30)22-14-20(28)19-8-4-5-9-21(19)32-22/h1-14,24H,15H2,(H,27,29). The molecule has 0 bridgehead atoms. The number of benzene rings is 3. The molecule has 0 saturated carbocycles. The largest absolute Gasteiger partial charge is 0.450 e. The van der Waals surface area contributed by atoms with Crippen molar-refractivity contribution < 1.29 is 18.7 Å². The Bertz CT molecular complexity index is 1320. The molecule has 1 atom stereocenters. The summed E-state index contributed by atoms with van der Waals surface area (Å²) in [4.78, 5) is 37.1. The molecule has 0 saturated heterocycles. The number of ether oxygens (including phenoxy) is 1. The van der Waals surface area contributed by atoms with E-state index in [4.69, 9.17) is 20.8 Å². The Kier molecular flexibility index (Phi) is 6.33. The van der Waals surface area contributed by atoms with Gasteiger partial charge in [-0.2, -0.15) is 0 Å². The molecule has 7 heteroatoms. The second-order valence-corrected chi connectivity index (χ2v) is 7.45. The molecule has 0 aliphatic heterocycles. The molecule has 0 radical (unpaired) electrons. The summed E-state index contributed by atoms with van der Waals surface area (Å²) in [5, 5.41) is 3.80. The fraction of sp³-hybridized carbons (Fsp3) is 0.0800. The zero-order chi connectivity index (χ0) is 22.5. The molecule has 1 N–H and O–H groups in total. The van der Waals surface area contributed by atoms with E-state index in [2.05, 4.69) is 5.32 Å². The average Bonchev–Trinajstić information content (AvgIpc) is 2.82. The summed E-state index contributed by atoms with van der Waals surface area (Å²) in [5.41, 5.74) is 1.58. The molecule has 1 aromatic heterocycles. The number of esters is 1. The van der Waals surface area contributed by atoms with Crippen molar-refractivity contribution >= 4 is 34.4 Å². The van der Waals surface area contributed by atoms with Gasteiger partial charge < -0.3 is 14.5 Å². The van der Waals surface area contributed by atoms with Crippen LogP contribution in [0.3, 0.4) is 0 Å². The molecule has 1 heterocycles. The molecule has 0 aliphatic carbocycles. The number of para-hydroxylation sites is 1. The normalized spacial score (nSPS) is 11.7. The van der Waals surface area contributed by atoms with E-state index in [1.165, 1.54) is 0 Å². The van der Waals surface area contributed by atoms with Gasteiger partial charge in [-0.1, -0.05) is 66.2 Å². The Balaban J connectivity index is 1.47. The fourth-order valence-electron chi connectivity index (χ4n) is 3.27. The first kappa shape index (κ1) is 21.3. The van der Waals surface area contributed by atoms with Crippen LogP contribution >= 0.6 is 11.6 Å². The summed E-state index contributed by atoms with van der Waals surface area (Å²) < 4.78 is 10.5. The van der Waals surface area contributed by atoms with Crippen LogP contribution in [0.15, 0.2) is 94.1 Å². The molecule has 0 fully saturated rings. The van der Waals surface area contributed by atoms with Crippen molar-refractivity contribution in [1.29, 1.82) is 0 Å². The van der Waals surface area contributed by atoms with Crippen molar-refractivity contribution in [3.8, 4) is 0 Å². The highest BCUT2D eigenvalue weighted by atomic mass is 35.5. The van der Waals surface area contributed by atoms with Gasteiger partial charge in [0, 0.05) is 11.1 Å². The molecule has 4 aromatic rings. The van der Waals surface area contributed by atoms with Crippen LogP contribution in [0.25, 0.3) is 11.0 Å². The molecule has 1 amide bonds. The fourth-order valence-corrected chi connectivity index (χ4v) is 3.40. The number of fused-ring (bicyclic) bond motifs is 1. The molecular formula is C25H18ClNO5. The third-order valence-electron chi connectivity index (χ3n) is 4.81. The van der Waals surface area contributed by atoms with Crippen molar-refractivity contribution in [2.24, 2.45) is 0 Å². The van der Waals surface area contributed by atoms with E-state index < -0.39 is 24.5 Å². The van der Waals surface area contributed by atoms with E-state index in [-0.39, 0.29) is 16.8 Å². The molecule has 0 spiro atoms. The van der Waals surface area contributed by atoms with Crippen molar-refractivity contribution in [3.05, 3.63) is 117 Å². The van der Waals surface area contributed by atoms with Gasteiger partial charge in [-0.15, -0.1) is 0 Å². The highest BCUT2D eigenvalue weighted by Gasteiger charge is 2.19. The average molecular weight is 448 g/mol. The second kappa shape index (κ2) is 9.49. The first-order valence-electron chi connectivity index (χ1n) is 9.81.